The predicted molar refractivity (Wildman–Crippen MR) is 107 cm³/mol. The maximum Gasteiger partial charge on any atom is 0.317 e. The summed E-state index contributed by atoms with van der Waals surface area (Å²) in [7, 11) is 4.97. The van der Waals surface area contributed by atoms with Crippen molar-refractivity contribution in [3.05, 3.63) is 22.8 Å². The van der Waals surface area contributed by atoms with Gasteiger partial charge in [0.25, 0.3) is 0 Å². The number of ether oxygens (including phenoxy) is 4. The van der Waals surface area contributed by atoms with E-state index in [-0.39, 0.29) is 23.2 Å². The number of fused-ring (bicyclic) bond motifs is 1. The highest BCUT2D eigenvalue weighted by Crippen LogP contribution is 2.64. The van der Waals surface area contributed by atoms with Gasteiger partial charge in [-0.25, -0.2) is 0 Å². The van der Waals surface area contributed by atoms with Crippen molar-refractivity contribution in [2.75, 3.05) is 27.9 Å². The molecule has 3 aliphatic rings. The van der Waals surface area contributed by atoms with Crippen LogP contribution in [0.3, 0.4) is 0 Å². The molecule has 1 aromatic rings. The first-order valence-electron chi connectivity index (χ1n) is 10.1. The van der Waals surface area contributed by atoms with Crippen LogP contribution >= 0.6 is 0 Å². The molecule has 152 valence electrons. The predicted octanol–water partition coefficient (Wildman–Crippen LogP) is 4.46. The van der Waals surface area contributed by atoms with Gasteiger partial charge in [-0.1, -0.05) is 39.3 Å². The van der Waals surface area contributed by atoms with Crippen molar-refractivity contribution in [3.8, 4) is 17.2 Å². The van der Waals surface area contributed by atoms with E-state index in [1.165, 1.54) is 0 Å². The third-order valence-electron chi connectivity index (χ3n) is 7.03. The summed E-state index contributed by atoms with van der Waals surface area (Å²) in [6.07, 6.45) is 7.10. The Morgan fingerprint density at radius 3 is 2.36 bits per heavy atom. The van der Waals surface area contributed by atoms with Crippen molar-refractivity contribution in [1.82, 2.24) is 0 Å². The first kappa shape index (κ1) is 19.2. The molecule has 0 radical (unpaired) electrons. The summed E-state index contributed by atoms with van der Waals surface area (Å²) in [5, 5.41) is 0. The molecular weight excluding hydrogens is 356 g/mol. The number of rotatable bonds is 4. The van der Waals surface area contributed by atoms with E-state index in [4.69, 9.17) is 18.9 Å². The van der Waals surface area contributed by atoms with E-state index in [1.807, 2.05) is 0 Å². The molecule has 1 aromatic carbocycles. The van der Waals surface area contributed by atoms with E-state index in [1.54, 1.807) is 21.3 Å². The van der Waals surface area contributed by atoms with Crippen molar-refractivity contribution < 1.29 is 23.7 Å². The largest absolute Gasteiger partial charge is 0.496 e. The summed E-state index contributed by atoms with van der Waals surface area (Å²) in [6.45, 7) is 6.91. The molecule has 1 aliphatic heterocycles. The number of esters is 1. The molecule has 1 unspecified atom stereocenters. The quantitative estimate of drug-likeness (QED) is 0.715. The van der Waals surface area contributed by atoms with Gasteiger partial charge in [-0.15, -0.1) is 0 Å². The SMILES string of the molecule is COc1c2c(c(OC)c(OC)c1C(C)C)[C@]13CCC[C@@](C)(COC1=O)C3C=C2. The minimum absolute atomic E-state index is 0.0669. The number of carbonyl (C=O) groups is 1. The van der Waals surface area contributed by atoms with Crippen LogP contribution in [0.25, 0.3) is 6.08 Å². The van der Waals surface area contributed by atoms with Crippen LogP contribution in [0.2, 0.25) is 0 Å². The Morgan fingerprint density at radius 1 is 1.07 bits per heavy atom. The van der Waals surface area contributed by atoms with Gasteiger partial charge >= 0.3 is 5.97 Å². The minimum Gasteiger partial charge on any atom is -0.496 e. The van der Waals surface area contributed by atoms with Gasteiger partial charge in [-0.3, -0.25) is 4.79 Å². The molecule has 5 nitrogen and oxygen atoms in total. The maximum atomic E-state index is 13.4. The fraction of sp³-hybridized carbons (Fsp3) is 0.609. The molecule has 2 fully saturated rings. The second kappa shape index (κ2) is 6.43. The Balaban J connectivity index is 2.13. The van der Waals surface area contributed by atoms with Crippen LogP contribution in [0, 0.1) is 11.3 Å². The van der Waals surface area contributed by atoms with E-state index in [2.05, 4.69) is 32.9 Å². The lowest BCUT2D eigenvalue weighted by molar-refractivity contribution is -0.177. The summed E-state index contributed by atoms with van der Waals surface area (Å²) in [6, 6.07) is 0. The first-order chi connectivity index (χ1) is 13.4. The average molecular weight is 386 g/mol. The fourth-order valence-corrected chi connectivity index (χ4v) is 5.86. The van der Waals surface area contributed by atoms with Crippen LogP contribution in [0.5, 0.6) is 17.2 Å². The molecule has 2 aliphatic carbocycles. The van der Waals surface area contributed by atoms with Crippen molar-refractivity contribution in [1.29, 1.82) is 0 Å². The second-order valence-corrected chi connectivity index (χ2v) is 8.85. The van der Waals surface area contributed by atoms with Crippen molar-refractivity contribution in [3.63, 3.8) is 0 Å². The number of hydrogen-bond donors (Lipinski definition) is 0. The Hall–Kier alpha value is -2.17. The fourth-order valence-electron chi connectivity index (χ4n) is 5.86. The molecule has 0 spiro atoms. The van der Waals surface area contributed by atoms with Crippen LogP contribution in [0.1, 0.15) is 62.6 Å². The molecule has 1 heterocycles. The normalized spacial score (nSPS) is 30.4. The van der Waals surface area contributed by atoms with Gasteiger partial charge in [0.2, 0.25) is 0 Å². The molecule has 3 atom stereocenters. The van der Waals surface area contributed by atoms with Crippen LogP contribution in [0.4, 0.5) is 0 Å². The summed E-state index contributed by atoms with van der Waals surface area (Å²) >= 11 is 0. The van der Waals surface area contributed by atoms with Crippen molar-refractivity contribution >= 4 is 12.0 Å². The van der Waals surface area contributed by atoms with Gasteiger partial charge in [-0.2, -0.15) is 0 Å². The first-order valence-corrected chi connectivity index (χ1v) is 10.1. The highest BCUT2D eigenvalue weighted by atomic mass is 16.5. The lowest BCUT2D eigenvalue weighted by Gasteiger charge is -2.56. The molecule has 4 rings (SSSR count). The van der Waals surface area contributed by atoms with E-state index < -0.39 is 5.41 Å². The van der Waals surface area contributed by atoms with Gasteiger partial charge in [0.15, 0.2) is 11.5 Å². The Labute approximate surface area is 167 Å². The van der Waals surface area contributed by atoms with Gasteiger partial charge in [0.05, 0.1) is 27.9 Å². The summed E-state index contributed by atoms with van der Waals surface area (Å²) in [5.41, 5.74) is 1.93. The van der Waals surface area contributed by atoms with Crippen molar-refractivity contribution in [2.24, 2.45) is 11.3 Å². The zero-order chi connectivity index (χ0) is 20.3. The number of cyclic esters (lactones) is 1. The lowest BCUT2D eigenvalue weighted by atomic mass is 9.49. The van der Waals surface area contributed by atoms with E-state index in [0.29, 0.717) is 18.1 Å². The smallest absolute Gasteiger partial charge is 0.317 e. The zero-order valence-electron chi connectivity index (χ0n) is 17.7. The molecule has 28 heavy (non-hydrogen) atoms. The third kappa shape index (κ3) is 2.22. The Kier molecular flexibility index (Phi) is 4.40. The number of allylic oxidation sites excluding steroid dienone is 1. The molecule has 0 aromatic heterocycles. The highest BCUT2D eigenvalue weighted by molar-refractivity contribution is 5.92. The van der Waals surface area contributed by atoms with Gasteiger partial charge in [-0.05, 0) is 18.8 Å². The molecule has 0 amide bonds. The van der Waals surface area contributed by atoms with Crippen LogP contribution < -0.4 is 14.2 Å². The molecule has 1 saturated heterocycles. The second-order valence-electron chi connectivity index (χ2n) is 8.85. The maximum absolute atomic E-state index is 13.4. The molecular formula is C23H30O5. The average Bonchev–Trinajstić information content (AvgIpc) is 2.68. The molecule has 1 saturated carbocycles. The Bertz CT molecular complexity index is 855. The third-order valence-corrected chi connectivity index (χ3v) is 7.03. The molecule has 2 bridgehead atoms. The molecule has 5 heteroatoms. The summed E-state index contributed by atoms with van der Waals surface area (Å²) in [5.74, 6) is 2.15. The highest BCUT2D eigenvalue weighted by Gasteiger charge is 2.63. The van der Waals surface area contributed by atoms with E-state index in [0.717, 1.165) is 41.7 Å². The lowest BCUT2D eigenvalue weighted by Crippen LogP contribution is -2.59. The Morgan fingerprint density at radius 2 is 1.75 bits per heavy atom. The van der Waals surface area contributed by atoms with Crippen LogP contribution in [-0.2, 0) is 14.9 Å². The number of carbonyl (C=O) groups excluding carboxylic acids is 1. The number of benzene rings is 1. The van der Waals surface area contributed by atoms with Gasteiger partial charge < -0.3 is 18.9 Å². The molecule has 0 N–H and O–H groups in total. The van der Waals surface area contributed by atoms with Crippen molar-refractivity contribution in [2.45, 2.75) is 51.4 Å². The summed E-state index contributed by atoms with van der Waals surface area (Å²) < 4.78 is 23.4. The van der Waals surface area contributed by atoms with Gasteiger partial charge in [0, 0.05) is 28.0 Å². The topological polar surface area (TPSA) is 54.0 Å². The zero-order valence-corrected chi connectivity index (χ0v) is 17.7. The number of hydrogen-bond acceptors (Lipinski definition) is 5. The van der Waals surface area contributed by atoms with E-state index in [9.17, 15) is 4.79 Å². The van der Waals surface area contributed by atoms with Gasteiger partial charge in [0.1, 0.15) is 11.2 Å². The van der Waals surface area contributed by atoms with Crippen LogP contribution in [0.15, 0.2) is 6.08 Å². The monoisotopic (exact) mass is 386 g/mol. The van der Waals surface area contributed by atoms with E-state index >= 15 is 0 Å². The van der Waals surface area contributed by atoms with Crippen LogP contribution in [-0.4, -0.2) is 33.9 Å². The summed E-state index contributed by atoms with van der Waals surface area (Å²) in [4.78, 5) is 13.4. The standard InChI is InChI=1S/C23H30O5/c1-13(2)16-18(25-4)14-8-9-15-22(3)10-7-11-23(15,21(24)28-12-22)17(14)20(27-6)19(16)26-5/h8-9,13,15H,7,10-12H2,1-6H3/t15?,22-,23+/m0/s1. The number of methoxy groups -OCH3 is 3. The minimum atomic E-state index is -0.753.